The van der Waals surface area contributed by atoms with Crippen molar-refractivity contribution in [1.29, 1.82) is 0 Å². The van der Waals surface area contributed by atoms with Gasteiger partial charge in [-0.3, -0.25) is 0 Å². The van der Waals surface area contributed by atoms with Crippen LogP contribution in [0.5, 0.6) is 0 Å². The maximum atomic E-state index is 6.41. The van der Waals surface area contributed by atoms with Crippen LogP contribution in [0.4, 0.5) is 0 Å². The lowest BCUT2D eigenvalue weighted by atomic mass is 10.0. The van der Waals surface area contributed by atoms with Crippen molar-refractivity contribution in [2.75, 3.05) is 0 Å². The van der Waals surface area contributed by atoms with E-state index in [1.165, 1.54) is 69.9 Å². The van der Waals surface area contributed by atoms with Gasteiger partial charge in [0.2, 0.25) is 0 Å². The lowest BCUT2D eigenvalue weighted by Crippen LogP contribution is -2.74. The highest BCUT2D eigenvalue weighted by molar-refractivity contribution is 7.19. The van der Waals surface area contributed by atoms with Crippen molar-refractivity contribution in [1.82, 2.24) is 9.13 Å². The van der Waals surface area contributed by atoms with Crippen LogP contribution < -0.4 is 20.7 Å². The Morgan fingerprint density at radius 1 is 0.297 bits per heavy atom. The lowest BCUT2D eigenvalue weighted by molar-refractivity contribution is 0.669. The Bertz CT molecular complexity index is 3800. The molecule has 0 spiro atoms. The van der Waals surface area contributed by atoms with Crippen LogP contribution >= 0.6 is 0 Å². The van der Waals surface area contributed by atoms with Crippen LogP contribution in [-0.4, -0.2) is 17.2 Å². The third-order valence-corrected chi connectivity index (χ3v) is 18.2. The van der Waals surface area contributed by atoms with Gasteiger partial charge in [0, 0.05) is 49.3 Å². The first-order valence-corrected chi connectivity index (χ1v) is 24.0. The van der Waals surface area contributed by atoms with Crippen LogP contribution in [0, 0.1) is 0 Å². The van der Waals surface area contributed by atoms with Crippen molar-refractivity contribution in [2.24, 2.45) is 0 Å². The van der Waals surface area contributed by atoms with E-state index in [0.717, 1.165) is 38.9 Å². The molecule has 300 valence electrons. The van der Waals surface area contributed by atoms with E-state index in [9.17, 15) is 0 Å². The van der Waals surface area contributed by atoms with Crippen molar-refractivity contribution in [3.8, 4) is 22.5 Å². The predicted molar refractivity (Wildman–Crippen MR) is 271 cm³/mol. The molecular weight excluding hydrogens is 793 g/mol. The fourth-order valence-corrected chi connectivity index (χ4v) is 15.5. The summed E-state index contributed by atoms with van der Waals surface area (Å²) in [5, 5.41) is 12.6. The highest BCUT2D eigenvalue weighted by atomic mass is 28.3. The molecule has 0 atom stereocenters. The molecule has 0 aliphatic carbocycles. The molecule has 3 heterocycles. The molecular formula is C60H40N2OSi. The van der Waals surface area contributed by atoms with Crippen LogP contribution in [0.25, 0.3) is 88.1 Å². The van der Waals surface area contributed by atoms with Gasteiger partial charge in [0.05, 0.1) is 22.1 Å². The van der Waals surface area contributed by atoms with E-state index in [-0.39, 0.29) is 0 Å². The summed E-state index contributed by atoms with van der Waals surface area (Å²) < 4.78 is 11.4. The molecule has 3 nitrogen and oxygen atoms in total. The molecule has 0 bridgehead atoms. The van der Waals surface area contributed by atoms with Crippen molar-refractivity contribution >= 4 is 94.4 Å². The average Bonchev–Trinajstić information content (AvgIpc) is 4.03. The first-order chi connectivity index (χ1) is 31.8. The summed E-state index contributed by atoms with van der Waals surface area (Å²) in [7, 11) is -2.76. The normalized spacial score (nSPS) is 12.1. The molecule has 0 unspecified atom stereocenters. The first kappa shape index (κ1) is 36.5. The van der Waals surface area contributed by atoms with Crippen molar-refractivity contribution in [2.45, 2.75) is 0 Å². The van der Waals surface area contributed by atoms with Crippen LogP contribution in [0.1, 0.15) is 0 Å². The standard InChI is InChI=1S/C60H40N2OSi/c1-4-19-44(20-5-1)64(45-21-6-2-7-22-45,46-23-8-3-9-24-46)47-25-16-18-42(39-47)61-55-31-13-11-27-50(55)54-40-43(35-37-57(54)61)62-56-32-14-10-26-49(56)53-30-17-29-48(60(53)62)41-34-36-52-51-28-12-15-33-58(51)63-59(52)38-41/h1-40H. The summed E-state index contributed by atoms with van der Waals surface area (Å²) in [5.41, 5.74) is 11.1. The Morgan fingerprint density at radius 3 is 1.52 bits per heavy atom. The number of furan rings is 1. The van der Waals surface area contributed by atoms with Gasteiger partial charge in [-0.25, -0.2) is 0 Å². The molecule has 0 N–H and O–H groups in total. The number of rotatable bonds is 7. The maximum Gasteiger partial charge on any atom is 0.179 e. The minimum atomic E-state index is -2.76. The Kier molecular flexibility index (Phi) is 8.23. The Balaban J connectivity index is 1.03. The maximum absolute atomic E-state index is 6.41. The zero-order valence-electron chi connectivity index (χ0n) is 34.9. The van der Waals surface area contributed by atoms with Gasteiger partial charge in [0.25, 0.3) is 0 Å². The summed E-state index contributed by atoms with van der Waals surface area (Å²) in [6.45, 7) is 0. The molecule has 0 amide bonds. The third kappa shape index (κ3) is 5.39. The molecule has 64 heavy (non-hydrogen) atoms. The molecule has 0 radical (unpaired) electrons. The van der Waals surface area contributed by atoms with Crippen LogP contribution in [0.3, 0.4) is 0 Å². The third-order valence-electron chi connectivity index (χ3n) is 13.5. The minimum Gasteiger partial charge on any atom is -0.456 e. The van der Waals surface area contributed by atoms with Gasteiger partial charge in [-0.2, -0.15) is 0 Å². The molecule has 0 saturated carbocycles. The molecule has 13 aromatic rings. The molecule has 13 rings (SSSR count). The zero-order valence-corrected chi connectivity index (χ0v) is 35.9. The summed E-state index contributed by atoms with van der Waals surface area (Å²) >= 11 is 0. The van der Waals surface area contributed by atoms with Crippen molar-refractivity contribution < 1.29 is 4.42 Å². The molecule has 3 aromatic heterocycles. The molecule has 10 aromatic carbocycles. The number of benzene rings is 10. The van der Waals surface area contributed by atoms with Gasteiger partial charge in [-0.1, -0.05) is 182 Å². The second-order valence-electron chi connectivity index (χ2n) is 16.8. The Labute approximate surface area is 371 Å². The smallest absolute Gasteiger partial charge is 0.179 e. The Hall–Kier alpha value is -8.18. The topological polar surface area (TPSA) is 23.0 Å². The van der Waals surface area contributed by atoms with E-state index in [1.54, 1.807) is 0 Å². The highest BCUT2D eigenvalue weighted by Gasteiger charge is 2.41. The number of para-hydroxylation sites is 4. The fraction of sp³-hybridized carbons (Fsp3) is 0. The Morgan fingerprint density at radius 2 is 0.812 bits per heavy atom. The summed E-state index contributed by atoms with van der Waals surface area (Å²) in [4.78, 5) is 0. The van der Waals surface area contributed by atoms with Gasteiger partial charge in [0.15, 0.2) is 8.07 Å². The first-order valence-electron chi connectivity index (χ1n) is 22.0. The summed E-state index contributed by atoms with van der Waals surface area (Å²) in [5.74, 6) is 0. The number of nitrogens with zero attached hydrogens (tertiary/aromatic N) is 2. The summed E-state index contributed by atoms with van der Waals surface area (Å²) in [6.07, 6.45) is 0. The monoisotopic (exact) mass is 832 g/mol. The number of fused-ring (bicyclic) bond motifs is 9. The lowest BCUT2D eigenvalue weighted by Gasteiger charge is -2.34. The van der Waals surface area contributed by atoms with Gasteiger partial charge >= 0.3 is 0 Å². The van der Waals surface area contributed by atoms with Crippen LogP contribution in [-0.2, 0) is 0 Å². The van der Waals surface area contributed by atoms with E-state index in [4.69, 9.17) is 4.42 Å². The molecule has 0 aliphatic rings. The van der Waals surface area contributed by atoms with E-state index < -0.39 is 8.07 Å². The predicted octanol–water partition coefficient (Wildman–Crippen LogP) is 12.8. The minimum absolute atomic E-state index is 0.896. The van der Waals surface area contributed by atoms with Crippen molar-refractivity contribution in [3.63, 3.8) is 0 Å². The molecule has 0 aliphatic heterocycles. The van der Waals surface area contributed by atoms with Crippen LogP contribution in [0.15, 0.2) is 247 Å². The van der Waals surface area contributed by atoms with Gasteiger partial charge in [-0.05, 0) is 87.0 Å². The van der Waals surface area contributed by atoms with E-state index in [1.807, 2.05) is 12.1 Å². The molecule has 0 saturated heterocycles. The summed E-state index contributed by atoms with van der Waals surface area (Å²) in [6, 6.07) is 89.3. The fourth-order valence-electron chi connectivity index (χ4n) is 10.7. The number of hydrogen-bond acceptors (Lipinski definition) is 1. The van der Waals surface area contributed by atoms with Crippen LogP contribution in [0.2, 0.25) is 0 Å². The van der Waals surface area contributed by atoms with Gasteiger partial charge in [-0.15, -0.1) is 0 Å². The van der Waals surface area contributed by atoms with E-state index in [0.29, 0.717) is 0 Å². The van der Waals surface area contributed by atoms with Gasteiger partial charge in [0.1, 0.15) is 11.2 Å². The second kappa shape index (κ2) is 14.5. The molecule has 0 fully saturated rings. The largest absolute Gasteiger partial charge is 0.456 e. The van der Waals surface area contributed by atoms with E-state index >= 15 is 0 Å². The highest BCUT2D eigenvalue weighted by Crippen LogP contribution is 2.41. The zero-order chi connectivity index (χ0) is 42.2. The van der Waals surface area contributed by atoms with E-state index in [2.05, 4.69) is 240 Å². The van der Waals surface area contributed by atoms with Crippen molar-refractivity contribution in [3.05, 3.63) is 243 Å². The number of hydrogen-bond donors (Lipinski definition) is 0. The average molecular weight is 833 g/mol. The quantitative estimate of drug-likeness (QED) is 0.116. The second-order valence-corrected chi connectivity index (χ2v) is 20.6. The SMILES string of the molecule is c1ccc([Si](c2ccccc2)(c2ccccc2)c2cccc(-n3c4ccccc4c4cc(-n5c6ccccc6c6cccc(-c7ccc8c(c7)oc7ccccc78)c65)ccc43)c2)cc1. The molecule has 4 heteroatoms. The van der Waals surface area contributed by atoms with Gasteiger partial charge < -0.3 is 13.6 Å². The number of aromatic nitrogens is 2.